The number of hydrogen-bond acceptors (Lipinski definition) is 1. The van der Waals surface area contributed by atoms with E-state index in [1.54, 1.807) is 0 Å². The fourth-order valence-electron chi connectivity index (χ4n) is 1.98. The summed E-state index contributed by atoms with van der Waals surface area (Å²) in [7, 11) is 0. The van der Waals surface area contributed by atoms with Gasteiger partial charge in [0.15, 0.2) is 0 Å². The number of rotatable bonds is 3. The number of nitrogens with one attached hydrogen (secondary N) is 1. The summed E-state index contributed by atoms with van der Waals surface area (Å²) >= 11 is 2.32. The Kier molecular flexibility index (Phi) is 4.27. The van der Waals surface area contributed by atoms with E-state index in [0.717, 1.165) is 6.54 Å². The van der Waals surface area contributed by atoms with Gasteiger partial charge in [-0.1, -0.05) is 12.1 Å². The average molecular weight is 351 g/mol. The second-order valence-electron chi connectivity index (χ2n) is 4.72. The van der Waals surface area contributed by atoms with Crippen LogP contribution in [0, 0.1) is 24.3 Å². The van der Waals surface area contributed by atoms with Crippen LogP contribution in [-0.4, -0.2) is 0 Å². The maximum Gasteiger partial charge on any atom is 0.0403 e. The SMILES string of the molecule is Cc1cc(C)c(CNc2ccc(I)cc2)cc1C. The minimum Gasteiger partial charge on any atom is -0.381 e. The number of aryl methyl sites for hydroxylation is 3. The molecule has 2 aromatic carbocycles. The topological polar surface area (TPSA) is 12.0 Å². The fourth-order valence-corrected chi connectivity index (χ4v) is 2.34. The van der Waals surface area contributed by atoms with E-state index in [4.69, 9.17) is 0 Å². The average Bonchev–Trinajstić information content (AvgIpc) is 2.34. The summed E-state index contributed by atoms with van der Waals surface area (Å²) in [5.74, 6) is 0. The largest absolute Gasteiger partial charge is 0.381 e. The zero-order valence-corrected chi connectivity index (χ0v) is 13.2. The molecule has 2 aromatic rings. The van der Waals surface area contributed by atoms with Gasteiger partial charge >= 0.3 is 0 Å². The molecule has 0 aliphatic carbocycles. The molecule has 0 atom stereocenters. The lowest BCUT2D eigenvalue weighted by Crippen LogP contribution is -2.02. The van der Waals surface area contributed by atoms with Crippen LogP contribution in [0.15, 0.2) is 36.4 Å². The highest BCUT2D eigenvalue weighted by Gasteiger charge is 2.02. The minimum atomic E-state index is 0.882. The van der Waals surface area contributed by atoms with Crippen LogP contribution in [0.4, 0.5) is 5.69 Å². The smallest absolute Gasteiger partial charge is 0.0403 e. The monoisotopic (exact) mass is 351 g/mol. The molecule has 0 radical (unpaired) electrons. The molecule has 94 valence electrons. The van der Waals surface area contributed by atoms with E-state index in [9.17, 15) is 0 Å². The van der Waals surface area contributed by atoms with Crippen molar-refractivity contribution >= 4 is 28.3 Å². The number of benzene rings is 2. The van der Waals surface area contributed by atoms with Crippen LogP contribution in [0.2, 0.25) is 0 Å². The molecule has 2 rings (SSSR count). The highest BCUT2D eigenvalue weighted by Crippen LogP contribution is 2.17. The Hall–Kier alpha value is -1.03. The van der Waals surface area contributed by atoms with E-state index >= 15 is 0 Å². The zero-order chi connectivity index (χ0) is 13.1. The zero-order valence-electron chi connectivity index (χ0n) is 11.0. The van der Waals surface area contributed by atoms with Crippen molar-refractivity contribution in [2.24, 2.45) is 0 Å². The third-order valence-corrected chi connectivity index (χ3v) is 4.00. The summed E-state index contributed by atoms with van der Waals surface area (Å²) < 4.78 is 1.26. The Morgan fingerprint density at radius 1 is 0.889 bits per heavy atom. The molecule has 0 spiro atoms. The molecule has 18 heavy (non-hydrogen) atoms. The van der Waals surface area contributed by atoms with Crippen molar-refractivity contribution in [1.29, 1.82) is 0 Å². The third-order valence-electron chi connectivity index (χ3n) is 3.28. The van der Waals surface area contributed by atoms with Crippen molar-refractivity contribution < 1.29 is 0 Å². The molecule has 0 aromatic heterocycles. The Bertz CT molecular complexity index is 544. The Morgan fingerprint density at radius 2 is 1.50 bits per heavy atom. The highest BCUT2D eigenvalue weighted by molar-refractivity contribution is 14.1. The van der Waals surface area contributed by atoms with Crippen molar-refractivity contribution in [1.82, 2.24) is 0 Å². The molecule has 0 saturated heterocycles. The molecular formula is C16H18IN. The van der Waals surface area contributed by atoms with Gasteiger partial charge in [0.05, 0.1) is 0 Å². The molecule has 1 N–H and O–H groups in total. The van der Waals surface area contributed by atoms with E-state index in [1.165, 1.54) is 31.5 Å². The predicted molar refractivity (Wildman–Crippen MR) is 87.1 cm³/mol. The molecule has 0 aliphatic heterocycles. The molecule has 0 bridgehead atoms. The van der Waals surface area contributed by atoms with E-state index in [0.29, 0.717) is 0 Å². The molecule has 0 unspecified atom stereocenters. The third kappa shape index (κ3) is 3.25. The maximum atomic E-state index is 3.47. The molecule has 0 fully saturated rings. The van der Waals surface area contributed by atoms with Crippen LogP contribution < -0.4 is 5.32 Å². The van der Waals surface area contributed by atoms with Crippen molar-refractivity contribution in [2.45, 2.75) is 27.3 Å². The molecule has 0 heterocycles. The van der Waals surface area contributed by atoms with Gasteiger partial charge in [0.1, 0.15) is 0 Å². The van der Waals surface area contributed by atoms with Crippen LogP contribution in [0.3, 0.4) is 0 Å². The lowest BCUT2D eigenvalue weighted by molar-refractivity contribution is 1.10. The van der Waals surface area contributed by atoms with Gasteiger partial charge in [-0.2, -0.15) is 0 Å². The fraction of sp³-hybridized carbons (Fsp3) is 0.250. The van der Waals surface area contributed by atoms with Gasteiger partial charge in [0.25, 0.3) is 0 Å². The van der Waals surface area contributed by atoms with Crippen molar-refractivity contribution in [3.05, 3.63) is 62.2 Å². The van der Waals surface area contributed by atoms with Crippen LogP contribution in [-0.2, 0) is 6.54 Å². The maximum absolute atomic E-state index is 3.47. The second kappa shape index (κ2) is 5.74. The van der Waals surface area contributed by atoms with E-state index in [1.807, 2.05) is 0 Å². The van der Waals surface area contributed by atoms with Crippen molar-refractivity contribution in [3.63, 3.8) is 0 Å². The van der Waals surface area contributed by atoms with Gasteiger partial charge in [0.2, 0.25) is 0 Å². The van der Waals surface area contributed by atoms with Crippen LogP contribution in [0.5, 0.6) is 0 Å². The van der Waals surface area contributed by atoms with E-state index in [-0.39, 0.29) is 0 Å². The Balaban J connectivity index is 2.10. The second-order valence-corrected chi connectivity index (χ2v) is 5.97. The molecule has 1 nitrogen and oxygen atoms in total. The van der Waals surface area contributed by atoms with Crippen molar-refractivity contribution in [2.75, 3.05) is 5.32 Å². The van der Waals surface area contributed by atoms with Crippen LogP contribution >= 0.6 is 22.6 Å². The standard InChI is InChI=1S/C16H18IN/c1-11-8-13(3)14(9-12(11)2)10-18-16-6-4-15(17)5-7-16/h4-9,18H,10H2,1-3H3. The first kappa shape index (κ1) is 13.4. The van der Waals surface area contributed by atoms with Gasteiger partial charge in [-0.3, -0.25) is 0 Å². The summed E-state index contributed by atoms with van der Waals surface area (Å²) in [5.41, 5.74) is 6.63. The summed E-state index contributed by atoms with van der Waals surface area (Å²) in [6, 6.07) is 13.0. The van der Waals surface area contributed by atoms with Gasteiger partial charge < -0.3 is 5.32 Å². The van der Waals surface area contributed by atoms with Gasteiger partial charge in [-0.15, -0.1) is 0 Å². The lowest BCUT2D eigenvalue weighted by Gasteiger charge is -2.12. The van der Waals surface area contributed by atoms with Gasteiger partial charge in [0, 0.05) is 15.8 Å². The molecule has 0 saturated carbocycles. The first-order valence-electron chi connectivity index (χ1n) is 6.12. The van der Waals surface area contributed by atoms with Crippen LogP contribution in [0.1, 0.15) is 22.3 Å². The minimum absolute atomic E-state index is 0.882. The van der Waals surface area contributed by atoms with Gasteiger partial charge in [-0.25, -0.2) is 0 Å². The Labute approximate surface area is 123 Å². The molecule has 0 aliphatic rings. The molecular weight excluding hydrogens is 333 g/mol. The molecule has 2 heteroatoms. The summed E-state index contributed by atoms with van der Waals surface area (Å²) in [6.45, 7) is 7.40. The molecule has 0 amide bonds. The first-order chi connectivity index (χ1) is 8.56. The van der Waals surface area contributed by atoms with Crippen LogP contribution in [0.25, 0.3) is 0 Å². The van der Waals surface area contributed by atoms with E-state index < -0.39 is 0 Å². The number of halogens is 1. The van der Waals surface area contributed by atoms with Gasteiger partial charge in [-0.05, 0) is 89.9 Å². The first-order valence-corrected chi connectivity index (χ1v) is 7.20. The predicted octanol–water partition coefficient (Wildman–Crippen LogP) is 4.83. The number of anilines is 1. The lowest BCUT2D eigenvalue weighted by atomic mass is 10.0. The summed E-state index contributed by atoms with van der Waals surface area (Å²) in [4.78, 5) is 0. The van der Waals surface area contributed by atoms with Crippen molar-refractivity contribution in [3.8, 4) is 0 Å². The highest BCUT2D eigenvalue weighted by atomic mass is 127. The quantitative estimate of drug-likeness (QED) is 0.781. The Morgan fingerprint density at radius 3 is 2.17 bits per heavy atom. The normalized spacial score (nSPS) is 10.4. The summed E-state index contributed by atoms with van der Waals surface area (Å²) in [5, 5.41) is 3.47. The number of hydrogen-bond donors (Lipinski definition) is 1. The summed E-state index contributed by atoms with van der Waals surface area (Å²) in [6.07, 6.45) is 0. The van der Waals surface area contributed by atoms with E-state index in [2.05, 4.69) is 85.1 Å².